The first-order valence-electron chi connectivity index (χ1n) is 5.86. The number of nitrogens with zero attached hydrogens (tertiary/aromatic N) is 1. The molecule has 94 valence electrons. The second-order valence-corrected chi connectivity index (χ2v) is 5.03. The van der Waals surface area contributed by atoms with Gasteiger partial charge in [0.05, 0.1) is 25.1 Å². The minimum Gasteiger partial charge on any atom is -0.394 e. The van der Waals surface area contributed by atoms with E-state index >= 15 is 0 Å². The van der Waals surface area contributed by atoms with Crippen molar-refractivity contribution in [3.63, 3.8) is 0 Å². The van der Waals surface area contributed by atoms with Gasteiger partial charge in [-0.15, -0.1) is 0 Å². The molecular weight excluding hydrogens is 226 g/mol. The number of unbranched alkanes of at least 4 members (excludes halogenated alkanes) is 1. The lowest BCUT2D eigenvalue weighted by Gasteiger charge is -2.32. The van der Waals surface area contributed by atoms with Crippen LogP contribution < -0.4 is 0 Å². The Morgan fingerprint density at radius 2 is 2.44 bits per heavy atom. The highest BCUT2D eigenvalue weighted by atomic mass is 32.2. The van der Waals surface area contributed by atoms with E-state index in [0.717, 1.165) is 5.75 Å². The topological polar surface area (TPSA) is 49.8 Å². The summed E-state index contributed by atoms with van der Waals surface area (Å²) in [5, 5.41) is 8.97. The lowest BCUT2D eigenvalue weighted by Crippen LogP contribution is -2.47. The van der Waals surface area contributed by atoms with Crippen LogP contribution >= 0.6 is 11.8 Å². The third kappa shape index (κ3) is 4.72. The standard InChI is InChI=1S/C11H21NO3S/c1-2-3-6-16-9-11(14)12-4-5-15-10(7-12)8-13/h10,13H,2-9H2,1H3. The maximum Gasteiger partial charge on any atom is 0.232 e. The average Bonchev–Trinajstić information content (AvgIpc) is 2.34. The van der Waals surface area contributed by atoms with E-state index in [4.69, 9.17) is 9.84 Å². The van der Waals surface area contributed by atoms with Gasteiger partial charge in [-0.3, -0.25) is 4.79 Å². The average molecular weight is 247 g/mol. The van der Waals surface area contributed by atoms with Gasteiger partial charge in [0.2, 0.25) is 5.91 Å². The summed E-state index contributed by atoms with van der Waals surface area (Å²) < 4.78 is 5.30. The van der Waals surface area contributed by atoms with Gasteiger partial charge in [-0.2, -0.15) is 11.8 Å². The van der Waals surface area contributed by atoms with Crippen LogP contribution in [0.3, 0.4) is 0 Å². The summed E-state index contributed by atoms with van der Waals surface area (Å²) >= 11 is 1.69. The summed E-state index contributed by atoms with van der Waals surface area (Å²) in [5.41, 5.74) is 0. The molecule has 0 aliphatic carbocycles. The molecule has 4 nitrogen and oxygen atoms in total. The summed E-state index contributed by atoms with van der Waals surface area (Å²) in [6, 6.07) is 0. The maximum atomic E-state index is 11.8. The van der Waals surface area contributed by atoms with Crippen LogP contribution in [0.1, 0.15) is 19.8 Å². The lowest BCUT2D eigenvalue weighted by molar-refractivity contribution is -0.137. The lowest BCUT2D eigenvalue weighted by atomic mass is 10.3. The molecule has 0 spiro atoms. The molecule has 1 N–H and O–H groups in total. The van der Waals surface area contributed by atoms with E-state index in [9.17, 15) is 4.79 Å². The number of hydrogen-bond acceptors (Lipinski definition) is 4. The molecule has 1 fully saturated rings. The first kappa shape index (κ1) is 13.8. The summed E-state index contributed by atoms with van der Waals surface area (Å²) in [6.07, 6.45) is 2.14. The Morgan fingerprint density at radius 3 is 3.12 bits per heavy atom. The van der Waals surface area contributed by atoms with Crippen molar-refractivity contribution in [1.82, 2.24) is 4.90 Å². The molecule has 1 saturated heterocycles. The van der Waals surface area contributed by atoms with Crippen molar-refractivity contribution in [2.24, 2.45) is 0 Å². The number of carbonyl (C=O) groups is 1. The normalized spacial score (nSPS) is 21.1. The van der Waals surface area contributed by atoms with Crippen LogP contribution in [0.2, 0.25) is 0 Å². The molecular formula is C11H21NO3S. The molecule has 1 amide bonds. The van der Waals surface area contributed by atoms with Crippen LogP contribution in [0.15, 0.2) is 0 Å². The zero-order valence-electron chi connectivity index (χ0n) is 9.85. The van der Waals surface area contributed by atoms with Crippen molar-refractivity contribution >= 4 is 17.7 Å². The van der Waals surface area contributed by atoms with Gasteiger partial charge < -0.3 is 14.7 Å². The fourth-order valence-corrected chi connectivity index (χ4v) is 2.55. The van der Waals surface area contributed by atoms with E-state index in [1.807, 2.05) is 0 Å². The Hall–Kier alpha value is -0.260. The van der Waals surface area contributed by atoms with E-state index in [-0.39, 0.29) is 18.6 Å². The number of amides is 1. The van der Waals surface area contributed by atoms with E-state index in [0.29, 0.717) is 25.4 Å². The number of hydrogen-bond donors (Lipinski definition) is 1. The fourth-order valence-electron chi connectivity index (χ4n) is 1.55. The van der Waals surface area contributed by atoms with Gasteiger partial charge in [0.15, 0.2) is 0 Å². The van der Waals surface area contributed by atoms with E-state index < -0.39 is 0 Å². The molecule has 1 aliphatic rings. The number of ether oxygens (including phenoxy) is 1. The quantitative estimate of drug-likeness (QED) is 0.703. The third-order valence-corrected chi connectivity index (χ3v) is 3.59. The molecule has 1 atom stereocenters. The molecule has 0 bridgehead atoms. The van der Waals surface area contributed by atoms with Gasteiger partial charge in [0, 0.05) is 13.1 Å². The highest BCUT2D eigenvalue weighted by Gasteiger charge is 2.23. The van der Waals surface area contributed by atoms with Crippen molar-refractivity contribution in [3.05, 3.63) is 0 Å². The van der Waals surface area contributed by atoms with Crippen LogP contribution in [0.25, 0.3) is 0 Å². The molecule has 0 aromatic heterocycles. The van der Waals surface area contributed by atoms with Gasteiger partial charge in [0.1, 0.15) is 0 Å². The SMILES string of the molecule is CCCCSCC(=O)N1CCOC(CO)C1. The molecule has 1 heterocycles. The smallest absolute Gasteiger partial charge is 0.232 e. The molecule has 1 unspecified atom stereocenters. The van der Waals surface area contributed by atoms with Crippen LogP contribution in [0, 0.1) is 0 Å². The van der Waals surface area contributed by atoms with Crippen LogP contribution in [-0.2, 0) is 9.53 Å². The monoisotopic (exact) mass is 247 g/mol. The number of morpholine rings is 1. The van der Waals surface area contributed by atoms with Crippen molar-refractivity contribution in [2.45, 2.75) is 25.9 Å². The van der Waals surface area contributed by atoms with Crippen molar-refractivity contribution < 1.29 is 14.6 Å². The van der Waals surface area contributed by atoms with E-state index in [2.05, 4.69) is 6.92 Å². The van der Waals surface area contributed by atoms with Gasteiger partial charge in [-0.05, 0) is 12.2 Å². The van der Waals surface area contributed by atoms with Gasteiger partial charge in [-0.25, -0.2) is 0 Å². The predicted octanol–water partition coefficient (Wildman–Crippen LogP) is 0.739. The summed E-state index contributed by atoms with van der Waals surface area (Å²) in [4.78, 5) is 13.6. The van der Waals surface area contributed by atoms with Crippen LogP contribution in [-0.4, -0.2) is 59.8 Å². The van der Waals surface area contributed by atoms with E-state index in [1.54, 1.807) is 16.7 Å². The second-order valence-electron chi connectivity index (χ2n) is 3.92. The molecule has 0 radical (unpaired) electrons. The van der Waals surface area contributed by atoms with Gasteiger partial charge in [0.25, 0.3) is 0 Å². The molecule has 16 heavy (non-hydrogen) atoms. The van der Waals surface area contributed by atoms with Crippen molar-refractivity contribution in [3.8, 4) is 0 Å². The molecule has 0 aromatic carbocycles. The van der Waals surface area contributed by atoms with Crippen LogP contribution in [0.5, 0.6) is 0 Å². The van der Waals surface area contributed by atoms with Gasteiger partial charge in [-0.1, -0.05) is 13.3 Å². The Kier molecular flexibility index (Phi) is 6.84. The number of aliphatic hydroxyl groups excluding tert-OH is 1. The Morgan fingerprint density at radius 1 is 1.62 bits per heavy atom. The van der Waals surface area contributed by atoms with Crippen molar-refractivity contribution in [1.29, 1.82) is 0 Å². The zero-order valence-corrected chi connectivity index (χ0v) is 10.7. The number of thioether (sulfide) groups is 1. The van der Waals surface area contributed by atoms with Crippen LogP contribution in [0.4, 0.5) is 0 Å². The third-order valence-electron chi connectivity index (χ3n) is 2.56. The maximum absolute atomic E-state index is 11.8. The summed E-state index contributed by atoms with van der Waals surface area (Å²) in [7, 11) is 0. The highest BCUT2D eigenvalue weighted by Crippen LogP contribution is 2.09. The summed E-state index contributed by atoms with van der Waals surface area (Å²) in [5.74, 6) is 1.77. The fraction of sp³-hybridized carbons (Fsp3) is 0.909. The predicted molar refractivity (Wildman–Crippen MR) is 65.6 cm³/mol. The molecule has 1 aliphatic heterocycles. The minimum absolute atomic E-state index is 0.00718. The number of aliphatic hydroxyl groups is 1. The second kappa shape index (κ2) is 7.92. The highest BCUT2D eigenvalue weighted by molar-refractivity contribution is 7.99. The first-order valence-corrected chi connectivity index (χ1v) is 7.01. The Labute approximate surface area is 101 Å². The largest absolute Gasteiger partial charge is 0.394 e. The summed E-state index contributed by atoms with van der Waals surface area (Å²) in [6.45, 7) is 3.87. The number of carbonyl (C=O) groups excluding carboxylic acids is 1. The Bertz CT molecular complexity index is 213. The van der Waals surface area contributed by atoms with Crippen molar-refractivity contribution in [2.75, 3.05) is 37.8 Å². The Balaban J connectivity index is 2.19. The number of rotatable bonds is 6. The van der Waals surface area contributed by atoms with E-state index in [1.165, 1.54) is 12.8 Å². The molecule has 1 rings (SSSR count). The molecule has 5 heteroatoms. The first-order chi connectivity index (χ1) is 7.77. The molecule has 0 saturated carbocycles. The molecule has 0 aromatic rings. The zero-order chi connectivity index (χ0) is 11.8. The minimum atomic E-state index is -0.196. The van der Waals surface area contributed by atoms with Gasteiger partial charge >= 0.3 is 0 Å².